The van der Waals surface area contributed by atoms with Gasteiger partial charge in [-0.25, -0.2) is 0 Å². The lowest BCUT2D eigenvalue weighted by Crippen LogP contribution is -2.45. The molecule has 4 nitrogen and oxygen atoms in total. The molecule has 2 amide bonds. The van der Waals surface area contributed by atoms with E-state index in [9.17, 15) is 9.59 Å². The van der Waals surface area contributed by atoms with Gasteiger partial charge in [-0.3, -0.25) is 9.59 Å². The van der Waals surface area contributed by atoms with Crippen molar-refractivity contribution >= 4 is 35.0 Å². The Labute approximate surface area is 160 Å². The van der Waals surface area contributed by atoms with Crippen LogP contribution in [0, 0.1) is 11.8 Å². The average Bonchev–Trinajstić information content (AvgIpc) is 2.59. The third kappa shape index (κ3) is 4.68. The molecule has 0 saturated carbocycles. The van der Waals surface area contributed by atoms with E-state index in [0.29, 0.717) is 36.0 Å². The second-order valence-corrected chi connectivity index (χ2v) is 7.89. The molecule has 1 unspecified atom stereocenters. The summed E-state index contributed by atoms with van der Waals surface area (Å²) in [7, 11) is 1.81. The highest BCUT2D eigenvalue weighted by Gasteiger charge is 2.31. The molecule has 0 aliphatic carbocycles. The van der Waals surface area contributed by atoms with Crippen LogP contribution in [0.2, 0.25) is 10.0 Å². The predicted molar refractivity (Wildman–Crippen MR) is 102 cm³/mol. The Balaban J connectivity index is 1.99. The van der Waals surface area contributed by atoms with Crippen LogP contribution in [0.25, 0.3) is 0 Å². The number of benzene rings is 1. The molecule has 2 rings (SSSR count). The number of hydrogen-bond acceptors (Lipinski definition) is 2. The SMILES string of the molecule is CC(C)C(=O)N1CCC(C(=O)N(C)C(C)c2ccc(Cl)cc2Cl)CC1. The summed E-state index contributed by atoms with van der Waals surface area (Å²) < 4.78 is 0. The minimum absolute atomic E-state index is 0.00185. The summed E-state index contributed by atoms with van der Waals surface area (Å²) in [4.78, 5) is 28.5. The maximum Gasteiger partial charge on any atom is 0.226 e. The maximum absolute atomic E-state index is 12.9. The molecule has 1 aliphatic heterocycles. The molecule has 1 heterocycles. The van der Waals surface area contributed by atoms with Gasteiger partial charge in [-0.2, -0.15) is 0 Å². The standard InChI is InChI=1S/C19H26Cl2N2O2/c1-12(2)18(24)23-9-7-14(8-10-23)19(25)22(4)13(3)16-6-5-15(20)11-17(16)21/h5-6,11-14H,7-10H2,1-4H3. The van der Waals surface area contributed by atoms with Crippen LogP contribution in [0.5, 0.6) is 0 Å². The van der Waals surface area contributed by atoms with Crippen LogP contribution < -0.4 is 0 Å². The van der Waals surface area contributed by atoms with Crippen LogP contribution in [0.4, 0.5) is 0 Å². The first kappa shape index (κ1) is 20.1. The molecule has 138 valence electrons. The summed E-state index contributed by atoms with van der Waals surface area (Å²) in [5.41, 5.74) is 0.884. The molecule has 1 saturated heterocycles. The quantitative estimate of drug-likeness (QED) is 0.771. The van der Waals surface area contributed by atoms with E-state index in [4.69, 9.17) is 23.2 Å². The summed E-state index contributed by atoms with van der Waals surface area (Å²) in [6.45, 7) is 7.08. The van der Waals surface area contributed by atoms with E-state index in [-0.39, 0.29) is 29.7 Å². The Morgan fingerprint density at radius 1 is 1.16 bits per heavy atom. The normalized spacial score (nSPS) is 16.8. The van der Waals surface area contributed by atoms with Gasteiger partial charge in [0.25, 0.3) is 0 Å². The van der Waals surface area contributed by atoms with E-state index in [1.54, 1.807) is 17.0 Å². The second kappa shape index (κ2) is 8.41. The molecule has 0 bridgehead atoms. The summed E-state index contributed by atoms with van der Waals surface area (Å²) in [5.74, 6) is 0.229. The van der Waals surface area contributed by atoms with Gasteiger partial charge in [-0.1, -0.05) is 43.1 Å². The number of hydrogen-bond donors (Lipinski definition) is 0. The number of carbonyl (C=O) groups is 2. The first-order valence-corrected chi connectivity index (χ1v) is 9.48. The zero-order valence-electron chi connectivity index (χ0n) is 15.3. The van der Waals surface area contributed by atoms with E-state index in [1.807, 2.05) is 38.8 Å². The topological polar surface area (TPSA) is 40.6 Å². The van der Waals surface area contributed by atoms with E-state index >= 15 is 0 Å². The van der Waals surface area contributed by atoms with Gasteiger partial charge in [0.1, 0.15) is 0 Å². The molecular formula is C19H26Cl2N2O2. The third-order valence-electron chi connectivity index (χ3n) is 4.99. The Bertz CT molecular complexity index is 640. The number of amides is 2. The van der Waals surface area contributed by atoms with Gasteiger partial charge in [0.15, 0.2) is 0 Å². The number of likely N-dealkylation sites (tertiary alicyclic amines) is 1. The lowest BCUT2D eigenvalue weighted by atomic mass is 9.93. The molecule has 0 N–H and O–H groups in total. The summed E-state index contributed by atoms with van der Waals surface area (Å²) in [6.07, 6.45) is 1.42. The number of carbonyl (C=O) groups excluding carboxylic acids is 2. The molecule has 1 aliphatic rings. The molecule has 0 radical (unpaired) electrons. The lowest BCUT2D eigenvalue weighted by Gasteiger charge is -2.35. The van der Waals surface area contributed by atoms with Gasteiger partial charge >= 0.3 is 0 Å². The van der Waals surface area contributed by atoms with Crippen molar-refractivity contribution in [2.24, 2.45) is 11.8 Å². The molecular weight excluding hydrogens is 359 g/mol. The molecule has 1 aromatic carbocycles. The number of nitrogens with zero attached hydrogens (tertiary/aromatic N) is 2. The number of rotatable bonds is 4. The number of halogens is 2. The fourth-order valence-corrected chi connectivity index (χ4v) is 3.81. The molecule has 0 spiro atoms. The van der Waals surface area contributed by atoms with Crippen LogP contribution in [0.15, 0.2) is 18.2 Å². The smallest absolute Gasteiger partial charge is 0.226 e. The van der Waals surface area contributed by atoms with E-state index in [0.717, 1.165) is 5.56 Å². The van der Waals surface area contributed by atoms with E-state index in [1.165, 1.54) is 0 Å². The average molecular weight is 385 g/mol. The second-order valence-electron chi connectivity index (χ2n) is 7.05. The van der Waals surface area contributed by atoms with Crippen molar-refractivity contribution in [2.75, 3.05) is 20.1 Å². The zero-order chi connectivity index (χ0) is 18.7. The van der Waals surface area contributed by atoms with Gasteiger partial charge in [0.2, 0.25) is 11.8 Å². The third-order valence-corrected chi connectivity index (χ3v) is 5.55. The van der Waals surface area contributed by atoms with Crippen LogP contribution >= 0.6 is 23.2 Å². The Kier molecular flexibility index (Phi) is 6.75. The molecule has 1 atom stereocenters. The molecule has 1 fully saturated rings. The van der Waals surface area contributed by atoms with Gasteiger partial charge in [-0.05, 0) is 37.5 Å². The van der Waals surface area contributed by atoms with E-state index < -0.39 is 0 Å². The Morgan fingerprint density at radius 2 is 1.76 bits per heavy atom. The minimum atomic E-state index is -0.132. The summed E-state index contributed by atoms with van der Waals surface area (Å²) in [6, 6.07) is 5.22. The fraction of sp³-hybridized carbons (Fsp3) is 0.579. The highest BCUT2D eigenvalue weighted by atomic mass is 35.5. The first-order valence-electron chi connectivity index (χ1n) is 8.72. The van der Waals surface area contributed by atoms with Gasteiger partial charge in [0.05, 0.1) is 6.04 Å². The Hall–Kier alpha value is -1.26. The van der Waals surface area contributed by atoms with Gasteiger partial charge in [-0.15, -0.1) is 0 Å². The van der Waals surface area contributed by atoms with Crippen molar-refractivity contribution in [2.45, 2.75) is 39.7 Å². The van der Waals surface area contributed by atoms with Crippen molar-refractivity contribution in [1.82, 2.24) is 9.80 Å². The predicted octanol–water partition coefficient (Wildman–Crippen LogP) is 4.41. The molecule has 1 aromatic rings. The first-order chi connectivity index (χ1) is 11.7. The Morgan fingerprint density at radius 3 is 2.28 bits per heavy atom. The molecule has 0 aromatic heterocycles. The van der Waals surface area contributed by atoms with Gasteiger partial charge < -0.3 is 9.80 Å². The monoisotopic (exact) mass is 384 g/mol. The van der Waals surface area contributed by atoms with Crippen molar-refractivity contribution in [3.63, 3.8) is 0 Å². The zero-order valence-corrected chi connectivity index (χ0v) is 16.8. The maximum atomic E-state index is 12.9. The minimum Gasteiger partial charge on any atom is -0.342 e. The molecule has 25 heavy (non-hydrogen) atoms. The number of piperidine rings is 1. The summed E-state index contributed by atoms with van der Waals surface area (Å²) >= 11 is 12.2. The van der Waals surface area contributed by atoms with Gasteiger partial charge in [0, 0.05) is 42.0 Å². The van der Waals surface area contributed by atoms with Crippen LogP contribution in [0.1, 0.15) is 45.2 Å². The summed E-state index contributed by atoms with van der Waals surface area (Å²) in [5, 5.41) is 1.15. The van der Waals surface area contributed by atoms with Crippen LogP contribution in [-0.2, 0) is 9.59 Å². The van der Waals surface area contributed by atoms with E-state index in [2.05, 4.69) is 0 Å². The van der Waals surface area contributed by atoms with Crippen molar-refractivity contribution in [3.8, 4) is 0 Å². The molecule has 6 heteroatoms. The van der Waals surface area contributed by atoms with Crippen molar-refractivity contribution in [3.05, 3.63) is 33.8 Å². The lowest BCUT2D eigenvalue weighted by molar-refractivity contribution is -0.142. The largest absolute Gasteiger partial charge is 0.342 e. The van der Waals surface area contributed by atoms with Crippen molar-refractivity contribution in [1.29, 1.82) is 0 Å². The fourth-order valence-electron chi connectivity index (χ4n) is 3.24. The van der Waals surface area contributed by atoms with Crippen molar-refractivity contribution < 1.29 is 9.59 Å². The van der Waals surface area contributed by atoms with Crippen LogP contribution in [0.3, 0.4) is 0 Å². The van der Waals surface area contributed by atoms with Crippen LogP contribution in [-0.4, -0.2) is 41.8 Å². The highest BCUT2D eigenvalue weighted by molar-refractivity contribution is 6.35. The highest BCUT2D eigenvalue weighted by Crippen LogP contribution is 2.31.